The highest BCUT2D eigenvalue weighted by molar-refractivity contribution is 7.99. The number of aliphatic hydroxyl groups excluding tert-OH is 1. The van der Waals surface area contributed by atoms with E-state index in [1.165, 1.54) is 22.9 Å². The zero-order valence-electron chi connectivity index (χ0n) is 24.9. The Morgan fingerprint density at radius 3 is 2.37 bits per heavy atom. The number of hydrogen-bond acceptors (Lipinski definition) is 6. The molecule has 46 heavy (non-hydrogen) atoms. The van der Waals surface area contributed by atoms with Crippen LogP contribution in [-0.4, -0.2) is 29.4 Å². The lowest BCUT2D eigenvalue weighted by Gasteiger charge is -2.16. The maximum absolute atomic E-state index is 13.0. The molecule has 0 radical (unpaired) electrons. The summed E-state index contributed by atoms with van der Waals surface area (Å²) in [6.45, 7) is 0.931. The van der Waals surface area contributed by atoms with Gasteiger partial charge in [0.05, 0.1) is 18.2 Å². The molecule has 6 rings (SSSR count). The van der Waals surface area contributed by atoms with Gasteiger partial charge in [-0.2, -0.15) is 0 Å². The van der Waals surface area contributed by atoms with Crippen LogP contribution in [0.2, 0.25) is 5.02 Å². The number of carbonyl (C=O) groups is 1. The summed E-state index contributed by atoms with van der Waals surface area (Å²) in [5, 5.41) is 13.8. The van der Waals surface area contributed by atoms with Gasteiger partial charge >= 0.3 is 6.09 Å². The summed E-state index contributed by atoms with van der Waals surface area (Å²) in [4.78, 5) is 18.2. The van der Waals surface area contributed by atoms with Gasteiger partial charge in [0.15, 0.2) is 0 Å². The number of fused-ring (bicyclic) bond motifs is 3. The van der Waals surface area contributed by atoms with Crippen molar-refractivity contribution in [3.05, 3.63) is 148 Å². The number of benzene rings is 4. The van der Waals surface area contributed by atoms with Crippen molar-refractivity contribution in [1.29, 1.82) is 0 Å². The quantitative estimate of drug-likeness (QED) is 0.118. The molecule has 1 aliphatic carbocycles. The molecule has 5 aromatic rings. The number of pyridine rings is 1. The minimum atomic E-state index is -0.534. The number of rotatable bonds is 10. The molecule has 1 amide bonds. The van der Waals surface area contributed by atoms with Gasteiger partial charge in [-0.3, -0.25) is 0 Å². The van der Waals surface area contributed by atoms with E-state index in [1.54, 1.807) is 18.3 Å². The third-order valence-electron chi connectivity index (χ3n) is 7.62. The number of nitrogens with zero attached hydrogens (tertiary/aromatic N) is 1. The Labute approximate surface area is 277 Å². The van der Waals surface area contributed by atoms with E-state index >= 15 is 0 Å². The van der Waals surface area contributed by atoms with Gasteiger partial charge in [0.1, 0.15) is 18.2 Å². The average molecular weight is 647 g/mol. The molecule has 0 atom stereocenters. The lowest BCUT2D eigenvalue weighted by molar-refractivity contribution is 0.142. The van der Waals surface area contributed by atoms with Crippen molar-refractivity contribution < 1.29 is 19.4 Å². The van der Waals surface area contributed by atoms with Gasteiger partial charge in [0.25, 0.3) is 0 Å². The molecule has 0 aliphatic heterocycles. The molecule has 230 valence electrons. The van der Waals surface area contributed by atoms with Crippen LogP contribution in [0.25, 0.3) is 11.1 Å². The number of aromatic nitrogens is 1. The number of ether oxygens (including phenoxy) is 2. The van der Waals surface area contributed by atoms with Crippen molar-refractivity contribution in [2.45, 2.75) is 35.6 Å². The molecule has 1 aliphatic rings. The molecule has 6 nitrogen and oxygen atoms in total. The summed E-state index contributed by atoms with van der Waals surface area (Å²) >= 11 is 8.14. The van der Waals surface area contributed by atoms with Crippen LogP contribution in [0.15, 0.2) is 119 Å². The summed E-state index contributed by atoms with van der Waals surface area (Å²) in [5.41, 5.74) is 7.82. The van der Waals surface area contributed by atoms with Crippen molar-refractivity contribution in [1.82, 2.24) is 10.3 Å². The van der Waals surface area contributed by atoms with Gasteiger partial charge < -0.3 is 19.9 Å². The first-order valence-corrected chi connectivity index (χ1v) is 16.0. The highest BCUT2D eigenvalue weighted by Gasteiger charge is 2.29. The molecular formula is C38H31ClN2O4S. The highest BCUT2D eigenvalue weighted by Crippen LogP contribution is 2.44. The van der Waals surface area contributed by atoms with Gasteiger partial charge in [0, 0.05) is 34.7 Å². The fourth-order valence-corrected chi connectivity index (χ4v) is 6.79. The molecular weight excluding hydrogens is 616 g/mol. The topological polar surface area (TPSA) is 80.7 Å². The van der Waals surface area contributed by atoms with Crippen LogP contribution in [-0.2, 0) is 29.2 Å². The molecule has 0 saturated heterocycles. The van der Waals surface area contributed by atoms with Crippen LogP contribution in [0, 0.1) is 11.8 Å². The summed E-state index contributed by atoms with van der Waals surface area (Å²) in [6, 6.07) is 33.6. The number of halogens is 1. The monoisotopic (exact) mass is 646 g/mol. The smallest absolute Gasteiger partial charge is 0.407 e. The van der Waals surface area contributed by atoms with E-state index < -0.39 is 6.09 Å². The van der Waals surface area contributed by atoms with Gasteiger partial charge in [-0.05, 0) is 51.6 Å². The van der Waals surface area contributed by atoms with Crippen LogP contribution in [0.1, 0.15) is 39.3 Å². The van der Waals surface area contributed by atoms with E-state index in [0.29, 0.717) is 32.7 Å². The second kappa shape index (κ2) is 15.1. The first kappa shape index (κ1) is 31.4. The van der Waals surface area contributed by atoms with Gasteiger partial charge in [-0.15, -0.1) is 0 Å². The summed E-state index contributed by atoms with van der Waals surface area (Å²) < 4.78 is 11.5. The predicted molar refractivity (Wildman–Crippen MR) is 181 cm³/mol. The second-order valence-electron chi connectivity index (χ2n) is 10.6. The van der Waals surface area contributed by atoms with E-state index in [0.717, 1.165) is 22.3 Å². The number of amides is 1. The molecule has 0 fully saturated rings. The highest BCUT2D eigenvalue weighted by atomic mass is 35.5. The van der Waals surface area contributed by atoms with Crippen LogP contribution >= 0.6 is 23.4 Å². The molecule has 4 aromatic carbocycles. The number of carbonyl (C=O) groups excluding carboxylic acids is 1. The summed E-state index contributed by atoms with van der Waals surface area (Å²) in [7, 11) is 0. The Hall–Kier alpha value is -4.58. The summed E-state index contributed by atoms with van der Waals surface area (Å²) in [6.07, 6.45) is 1.13. The van der Waals surface area contributed by atoms with Crippen molar-refractivity contribution in [3.8, 4) is 23.0 Å². The number of nitrogens with one attached hydrogen (secondary N) is 1. The molecule has 0 bridgehead atoms. The fraction of sp³-hybridized carbons (Fsp3) is 0.158. The van der Waals surface area contributed by atoms with Crippen molar-refractivity contribution in [2.75, 3.05) is 13.2 Å². The molecule has 0 unspecified atom stereocenters. The van der Waals surface area contributed by atoms with Crippen LogP contribution in [0.5, 0.6) is 0 Å². The SMILES string of the molecule is O=C(NCc1cc(C#CCOCc2ccccc2)cc(Cl)c1Sc1ncccc1CO)OCC1c2ccccc2-c2ccccc21. The van der Waals surface area contributed by atoms with Crippen molar-refractivity contribution in [3.63, 3.8) is 0 Å². The Morgan fingerprint density at radius 1 is 0.913 bits per heavy atom. The Morgan fingerprint density at radius 2 is 1.63 bits per heavy atom. The Balaban J connectivity index is 1.16. The standard InChI is InChI=1S/C38H31ClN2O4S/c39-35-21-27(12-9-19-44-24-26-10-2-1-3-11-26)20-29(36(35)46-37-28(23-42)13-8-18-40-37)22-41-38(43)45-25-34-32-16-6-4-14-30(32)31-15-5-7-17-33(31)34/h1-8,10-11,13-18,20-21,34,42H,19,22-25H2,(H,41,43). The third kappa shape index (κ3) is 7.44. The van der Waals surface area contributed by atoms with Gasteiger partial charge in [0.2, 0.25) is 0 Å². The Bertz CT molecular complexity index is 1860. The average Bonchev–Trinajstić information content (AvgIpc) is 3.41. The fourth-order valence-electron chi connectivity index (χ4n) is 5.45. The number of alkyl carbamates (subject to hydrolysis) is 1. The van der Waals surface area contributed by atoms with Crippen LogP contribution in [0.4, 0.5) is 4.79 Å². The van der Waals surface area contributed by atoms with E-state index in [-0.39, 0.29) is 32.3 Å². The third-order valence-corrected chi connectivity index (χ3v) is 9.28. The predicted octanol–water partition coefficient (Wildman–Crippen LogP) is 7.99. The lowest BCUT2D eigenvalue weighted by Crippen LogP contribution is -2.26. The first-order valence-electron chi connectivity index (χ1n) is 14.8. The molecule has 1 heterocycles. The largest absolute Gasteiger partial charge is 0.449 e. The van der Waals surface area contributed by atoms with Crippen LogP contribution < -0.4 is 5.32 Å². The Kier molecular flexibility index (Phi) is 10.3. The van der Waals surface area contributed by atoms with Gasteiger partial charge in [-0.1, -0.05) is 120 Å². The van der Waals surface area contributed by atoms with E-state index in [4.69, 9.17) is 21.1 Å². The summed E-state index contributed by atoms with van der Waals surface area (Å²) in [5.74, 6) is 6.14. The van der Waals surface area contributed by atoms with Crippen LogP contribution in [0.3, 0.4) is 0 Å². The van der Waals surface area contributed by atoms with Crippen molar-refractivity contribution >= 4 is 29.5 Å². The number of hydrogen-bond donors (Lipinski definition) is 2. The van der Waals surface area contributed by atoms with Gasteiger partial charge in [-0.25, -0.2) is 9.78 Å². The van der Waals surface area contributed by atoms with E-state index in [2.05, 4.69) is 46.4 Å². The minimum Gasteiger partial charge on any atom is -0.449 e. The molecule has 1 aromatic heterocycles. The maximum atomic E-state index is 13.0. The number of aliphatic hydroxyl groups is 1. The molecule has 0 saturated carbocycles. The normalized spacial score (nSPS) is 11.7. The second-order valence-corrected chi connectivity index (χ2v) is 12.0. The van der Waals surface area contributed by atoms with E-state index in [1.807, 2.05) is 66.7 Å². The maximum Gasteiger partial charge on any atom is 0.407 e. The van der Waals surface area contributed by atoms with Crippen molar-refractivity contribution in [2.24, 2.45) is 0 Å². The minimum absolute atomic E-state index is 0.0394. The zero-order valence-corrected chi connectivity index (χ0v) is 26.5. The molecule has 0 spiro atoms. The molecule has 8 heteroatoms. The zero-order chi connectivity index (χ0) is 31.7. The first-order chi connectivity index (χ1) is 22.6. The molecule has 2 N–H and O–H groups in total. The lowest BCUT2D eigenvalue weighted by atomic mass is 9.98. The van der Waals surface area contributed by atoms with E-state index in [9.17, 15) is 9.90 Å².